The first kappa shape index (κ1) is 26.4. The maximum absolute atomic E-state index is 13.8. The molecule has 0 saturated heterocycles. The van der Waals surface area contributed by atoms with Crippen LogP contribution in [0.5, 0.6) is 5.75 Å². The summed E-state index contributed by atoms with van der Waals surface area (Å²) in [7, 11) is -3.96. The molecule has 0 fully saturated rings. The first-order valence-corrected chi connectivity index (χ1v) is 14.9. The van der Waals surface area contributed by atoms with Gasteiger partial charge in [0.2, 0.25) is 5.13 Å². The normalized spacial score (nSPS) is 15.8. The summed E-state index contributed by atoms with van der Waals surface area (Å²) in [5.74, 6) is 0.766. The Balaban J connectivity index is 1.67. The predicted octanol–water partition coefficient (Wildman–Crippen LogP) is 5.24. The van der Waals surface area contributed by atoms with Gasteiger partial charge in [0.05, 0.1) is 17.1 Å². The molecule has 0 unspecified atom stereocenters. The number of hydrogen-bond acceptors (Lipinski definition) is 8. The van der Waals surface area contributed by atoms with Gasteiger partial charge in [-0.05, 0) is 48.6 Å². The van der Waals surface area contributed by atoms with Crippen molar-refractivity contribution in [3.8, 4) is 5.75 Å². The second-order valence-corrected chi connectivity index (χ2v) is 13.8. The number of amides is 1. The number of ether oxygens (including phenoxy) is 1. The molecule has 1 aromatic heterocycles. The van der Waals surface area contributed by atoms with E-state index in [2.05, 4.69) is 43.2 Å². The van der Waals surface area contributed by atoms with E-state index in [1.54, 1.807) is 42.1 Å². The molecular weight excluding hydrogens is 517 g/mol. The fraction of sp³-hybridized carbons (Fsp3) is 0.400. The second-order valence-electron chi connectivity index (χ2n) is 9.60. The molecule has 1 aliphatic rings. The number of nitrogens with one attached hydrogen (secondary N) is 1. The molecule has 8 nitrogen and oxygen atoms in total. The summed E-state index contributed by atoms with van der Waals surface area (Å²) in [4.78, 5) is 13.3. The SMILES string of the molecule is CCCSc1nnc(NC(=O)[C@H]2CN(S(=O)(=O)c3ccc(C)cc3)c3cc(C(C)(C)C)ccc3O2)s1. The van der Waals surface area contributed by atoms with Crippen LogP contribution in [0.4, 0.5) is 10.8 Å². The predicted molar refractivity (Wildman–Crippen MR) is 145 cm³/mol. The van der Waals surface area contributed by atoms with Gasteiger partial charge in [-0.3, -0.25) is 14.4 Å². The second kappa shape index (κ2) is 10.4. The van der Waals surface area contributed by atoms with Gasteiger partial charge < -0.3 is 4.74 Å². The number of nitrogens with zero attached hydrogens (tertiary/aromatic N) is 3. The molecule has 0 spiro atoms. The summed E-state index contributed by atoms with van der Waals surface area (Å²) in [6.07, 6.45) is -0.0578. The average Bonchev–Trinajstić information content (AvgIpc) is 3.28. The first-order valence-electron chi connectivity index (χ1n) is 11.7. The molecule has 1 N–H and O–H groups in total. The van der Waals surface area contributed by atoms with Gasteiger partial charge in [0.25, 0.3) is 15.9 Å². The lowest BCUT2D eigenvalue weighted by molar-refractivity contribution is -0.122. The summed E-state index contributed by atoms with van der Waals surface area (Å²) in [6, 6.07) is 12.1. The van der Waals surface area contributed by atoms with Crippen LogP contribution in [0.25, 0.3) is 0 Å². The number of sulfonamides is 1. The Morgan fingerprint density at radius 3 is 2.58 bits per heavy atom. The van der Waals surface area contributed by atoms with Crippen LogP contribution < -0.4 is 14.4 Å². The Labute approximate surface area is 220 Å². The van der Waals surface area contributed by atoms with Crippen LogP contribution in [-0.4, -0.2) is 42.9 Å². The van der Waals surface area contributed by atoms with Gasteiger partial charge in [0, 0.05) is 5.75 Å². The fourth-order valence-electron chi connectivity index (χ4n) is 3.61. The highest BCUT2D eigenvalue weighted by molar-refractivity contribution is 8.01. The van der Waals surface area contributed by atoms with Gasteiger partial charge >= 0.3 is 0 Å². The molecule has 2 heterocycles. The molecule has 0 saturated carbocycles. The van der Waals surface area contributed by atoms with Gasteiger partial charge in [-0.2, -0.15) is 0 Å². The Morgan fingerprint density at radius 1 is 1.19 bits per heavy atom. The largest absolute Gasteiger partial charge is 0.476 e. The number of aromatic nitrogens is 2. The van der Waals surface area contributed by atoms with Crippen LogP contribution in [0.3, 0.4) is 0 Å². The topological polar surface area (TPSA) is 101 Å². The highest BCUT2D eigenvalue weighted by atomic mass is 32.2. The lowest BCUT2D eigenvalue weighted by Crippen LogP contribution is -2.49. The van der Waals surface area contributed by atoms with Crippen LogP contribution in [0.15, 0.2) is 51.7 Å². The number of thioether (sulfide) groups is 1. The standard InChI is InChI=1S/C25H30N4O4S3/c1-6-13-34-24-28-27-23(35-24)26-22(30)21-15-29(36(31,32)18-10-7-16(2)8-11-18)19-14-17(25(3,4)5)9-12-20(19)33-21/h7-12,14,21H,6,13,15H2,1-5H3,(H,26,27,30)/t21-/m1/s1. The number of anilines is 2. The van der Waals surface area contributed by atoms with Gasteiger partial charge in [-0.25, -0.2) is 8.42 Å². The Morgan fingerprint density at radius 2 is 1.92 bits per heavy atom. The molecule has 1 amide bonds. The van der Waals surface area contributed by atoms with Gasteiger partial charge in [0.15, 0.2) is 10.4 Å². The van der Waals surface area contributed by atoms with E-state index in [4.69, 9.17) is 4.74 Å². The maximum Gasteiger partial charge on any atom is 0.269 e. The molecule has 0 aliphatic carbocycles. The number of benzene rings is 2. The van der Waals surface area contributed by atoms with Crippen molar-refractivity contribution in [1.82, 2.24) is 10.2 Å². The smallest absolute Gasteiger partial charge is 0.269 e. The van der Waals surface area contributed by atoms with Crippen molar-refractivity contribution >= 4 is 49.8 Å². The minimum absolute atomic E-state index is 0.156. The summed E-state index contributed by atoms with van der Waals surface area (Å²) in [5, 5.41) is 11.2. The third-order valence-electron chi connectivity index (χ3n) is 5.66. The molecule has 0 bridgehead atoms. The van der Waals surface area contributed by atoms with E-state index in [1.807, 2.05) is 19.1 Å². The number of hydrogen-bond donors (Lipinski definition) is 1. The van der Waals surface area contributed by atoms with E-state index in [-0.39, 0.29) is 16.9 Å². The number of aryl methyl sites for hydroxylation is 1. The fourth-order valence-corrected chi connectivity index (χ4v) is 6.76. The molecule has 192 valence electrons. The number of carbonyl (C=O) groups is 1. The van der Waals surface area contributed by atoms with Gasteiger partial charge in [-0.15, -0.1) is 10.2 Å². The number of rotatable bonds is 7. The molecular formula is C25H30N4O4S3. The minimum Gasteiger partial charge on any atom is -0.476 e. The maximum atomic E-state index is 13.8. The molecule has 1 aliphatic heterocycles. The monoisotopic (exact) mass is 546 g/mol. The molecule has 0 radical (unpaired) electrons. The van der Waals surface area contributed by atoms with E-state index < -0.39 is 22.0 Å². The zero-order valence-corrected chi connectivity index (χ0v) is 23.4. The van der Waals surface area contributed by atoms with Crippen LogP contribution >= 0.6 is 23.1 Å². The average molecular weight is 547 g/mol. The summed E-state index contributed by atoms with van der Waals surface area (Å²) in [5.41, 5.74) is 2.13. The molecule has 1 atom stereocenters. The van der Waals surface area contributed by atoms with Crippen LogP contribution in [0.2, 0.25) is 0 Å². The third-order valence-corrected chi connectivity index (χ3v) is 9.63. The molecule has 3 aromatic rings. The van der Waals surface area contributed by atoms with Crippen LogP contribution in [0.1, 0.15) is 45.2 Å². The van der Waals surface area contributed by atoms with E-state index in [1.165, 1.54) is 15.6 Å². The van der Waals surface area contributed by atoms with Gasteiger partial charge in [-0.1, -0.05) is 74.6 Å². The third kappa shape index (κ3) is 5.68. The summed E-state index contributed by atoms with van der Waals surface area (Å²) >= 11 is 2.86. The van der Waals surface area contributed by atoms with Crippen molar-refractivity contribution in [2.45, 2.75) is 61.8 Å². The van der Waals surface area contributed by atoms with Crippen LogP contribution in [-0.2, 0) is 20.2 Å². The van der Waals surface area contributed by atoms with E-state index in [9.17, 15) is 13.2 Å². The Hall–Kier alpha value is -2.63. The Bertz CT molecular complexity index is 1350. The lowest BCUT2D eigenvalue weighted by Gasteiger charge is -2.35. The minimum atomic E-state index is -3.96. The van der Waals surface area contributed by atoms with Crippen LogP contribution in [0, 0.1) is 6.92 Å². The zero-order valence-electron chi connectivity index (χ0n) is 20.9. The summed E-state index contributed by atoms with van der Waals surface area (Å²) < 4.78 is 35.6. The van der Waals surface area contributed by atoms with E-state index in [0.717, 1.165) is 27.6 Å². The van der Waals surface area contributed by atoms with Crippen molar-refractivity contribution in [3.05, 3.63) is 53.6 Å². The van der Waals surface area contributed by atoms with Crippen molar-refractivity contribution in [3.63, 3.8) is 0 Å². The van der Waals surface area contributed by atoms with Crippen molar-refractivity contribution in [1.29, 1.82) is 0 Å². The summed E-state index contributed by atoms with van der Waals surface area (Å²) in [6.45, 7) is 9.98. The molecule has 4 rings (SSSR count). The van der Waals surface area contributed by atoms with Gasteiger partial charge in [0.1, 0.15) is 5.75 Å². The quantitative estimate of drug-likeness (QED) is 0.319. The molecule has 36 heavy (non-hydrogen) atoms. The first-order chi connectivity index (χ1) is 17.0. The van der Waals surface area contributed by atoms with Crippen molar-refractivity contribution in [2.75, 3.05) is 21.9 Å². The van der Waals surface area contributed by atoms with Crippen molar-refractivity contribution in [2.24, 2.45) is 0 Å². The lowest BCUT2D eigenvalue weighted by atomic mass is 9.86. The molecule has 2 aromatic carbocycles. The highest BCUT2D eigenvalue weighted by Crippen LogP contribution is 2.40. The van der Waals surface area contributed by atoms with Crippen molar-refractivity contribution < 1.29 is 17.9 Å². The number of fused-ring (bicyclic) bond motifs is 1. The zero-order chi connectivity index (χ0) is 26.1. The highest BCUT2D eigenvalue weighted by Gasteiger charge is 2.38. The van der Waals surface area contributed by atoms with E-state index in [0.29, 0.717) is 16.6 Å². The van der Waals surface area contributed by atoms with E-state index >= 15 is 0 Å². The Kier molecular flexibility index (Phi) is 7.63. The molecule has 11 heteroatoms. The number of carbonyl (C=O) groups excluding carboxylic acids is 1.